The predicted molar refractivity (Wildman–Crippen MR) is 137 cm³/mol. The van der Waals surface area contributed by atoms with E-state index in [1.807, 2.05) is 27.4 Å². The number of alkyl halides is 2. The third-order valence-electron chi connectivity index (χ3n) is 4.88. The highest BCUT2D eigenvalue weighted by atomic mass is 19.3. The van der Waals surface area contributed by atoms with E-state index in [2.05, 4.69) is 43.4 Å². The first kappa shape index (κ1) is 32.5. The number of carbonyl (C=O) groups is 2. The van der Waals surface area contributed by atoms with Gasteiger partial charge in [-0.2, -0.15) is 0 Å². The van der Waals surface area contributed by atoms with Crippen molar-refractivity contribution < 1.29 is 18.4 Å². The van der Waals surface area contributed by atoms with Crippen molar-refractivity contribution in [1.82, 2.24) is 5.32 Å². The summed E-state index contributed by atoms with van der Waals surface area (Å²) in [6.07, 6.45) is 8.04. The number of hydrogen-bond donors (Lipinski definition) is 1. The summed E-state index contributed by atoms with van der Waals surface area (Å²) in [5.74, 6) is -2.72. The number of halogens is 2. The lowest BCUT2D eigenvalue weighted by Gasteiger charge is -2.18. The van der Waals surface area contributed by atoms with E-state index in [0.29, 0.717) is 0 Å². The second-order valence-corrected chi connectivity index (χ2v) is 7.30. The summed E-state index contributed by atoms with van der Waals surface area (Å²) in [5, 5.41) is 3.49. The van der Waals surface area contributed by atoms with Gasteiger partial charge in [0.25, 0.3) is 5.92 Å². The van der Waals surface area contributed by atoms with Crippen LogP contribution in [0.5, 0.6) is 0 Å². The standard InChI is InChI=1S/C15H21N.C9H10F2.C2H6.2CH2O/c1-3-5-14-12(2)7-8-13-6-4-10-16-11-9-15(13)14;1-7-4-3-5-8(6-7)9(2,10)11;3*1-2/h3,5,7-8,16H,4,6,9-11H2,1-2H3;3-6H,1-2H3;1-2H3;2*1H2/b5-3-;;;;. The Labute approximate surface area is 199 Å². The van der Waals surface area contributed by atoms with Crippen LogP contribution in [-0.2, 0) is 28.4 Å². The van der Waals surface area contributed by atoms with Crippen LogP contribution in [0.25, 0.3) is 6.08 Å². The van der Waals surface area contributed by atoms with Crippen molar-refractivity contribution in [3.8, 4) is 0 Å². The van der Waals surface area contributed by atoms with Crippen molar-refractivity contribution in [3.63, 3.8) is 0 Å². The van der Waals surface area contributed by atoms with Crippen LogP contribution in [-0.4, -0.2) is 26.7 Å². The lowest BCUT2D eigenvalue weighted by Crippen LogP contribution is -2.22. The number of aryl methyl sites for hydroxylation is 3. The average molecular weight is 462 g/mol. The SMILES string of the molecule is C/C=C\c1c(C)ccc2c1CCNCCC2.C=O.C=O.CC.Cc1cccc(C(C)(F)F)c1. The third kappa shape index (κ3) is 12.2. The molecule has 2 aromatic carbocycles. The molecule has 0 saturated heterocycles. The van der Waals surface area contributed by atoms with Crippen LogP contribution in [0.15, 0.2) is 42.5 Å². The normalized spacial score (nSPS) is 12.5. The van der Waals surface area contributed by atoms with Crippen molar-refractivity contribution in [2.24, 2.45) is 0 Å². The highest BCUT2D eigenvalue weighted by Gasteiger charge is 2.23. The maximum Gasteiger partial charge on any atom is 0.270 e. The minimum atomic E-state index is -2.72. The molecular formula is C28H41F2NO2. The van der Waals surface area contributed by atoms with Gasteiger partial charge in [0.1, 0.15) is 13.6 Å². The van der Waals surface area contributed by atoms with E-state index >= 15 is 0 Å². The van der Waals surface area contributed by atoms with Gasteiger partial charge in [0, 0.05) is 12.5 Å². The number of allylic oxidation sites excluding steroid dienone is 1. The van der Waals surface area contributed by atoms with Gasteiger partial charge in [-0.3, -0.25) is 0 Å². The van der Waals surface area contributed by atoms with Crippen LogP contribution in [0.2, 0.25) is 0 Å². The molecule has 33 heavy (non-hydrogen) atoms. The summed E-state index contributed by atoms with van der Waals surface area (Å²) in [6, 6.07) is 11.0. The second kappa shape index (κ2) is 18.9. The molecule has 3 rings (SSSR count). The number of nitrogens with one attached hydrogen (secondary N) is 1. The van der Waals surface area contributed by atoms with E-state index in [1.165, 1.54) is 36.1 Å². The first-order valence-electron chi connectivity index (χ1n) is 11.3. The Morgan fingerprint density at radius 1 is 0.970 bits per heavy atom. The quantitative estimate of drug-likeness (QED) is 0.531. The van der Waals surface area contributed by atoms with Gasteiger partial charge in [-0.15, -0.1) is 0 Å². The molecule has 184 valence electrons. The topological polar surface area (TPSA) is 46.2 Å². The maximum atomic E-state index is 12.6. The molecule has 0 saturated carbocycles. The molecule has 1 heterocycles. The zero-order valence-electron chi connectivity index (χ0n) is 21.1. The Balaban J connectivity index is 0. The van der Waals surface area contributed by atoms with Gasteiger partial charge in [0.15, 0.2) is 0 Å². The Kier molecular flexibility index (Phi) is 18.6. The van der Waals surface area contributed by atoms with Gasteiger partial charge in [-0.05, 0) is 75.4 Å². The molecule has 1 aliphatic heterocycles. The highest BCUT2D eigenvalue weighted by Crippen LogP contribution is 2.27. The van der Waals surface area contributed by atoms with Gasteiger partial charge in [0.05, 0.1) is 0 Å². The van der Waals surface area contributed by atoms with Crippen molar-refractivity contribution in [3.05, 3.63) is 75.9 Å². The lowest BCUT2D eigenvalue weighted by atomic mass is 9.91. The van der Waals surface area contributed by atoms with Crippen molar-refractivity contribution in [2.75, 3.05) is 13.1 Å². The number of fused-ring (bicyclic) bond motifs is 1. The van der Waals surface area contributed by atoms with E-state index < -0.39 is 5.92 Å². The van der Waals surface area contributed by atoms with Crippen molar-refractivity contribution in [2.45, 2.75) is 66.7 Å². The smallest absolute Gasteiger partial charge is 0.270 e. The minimum absolute atomic E-state index is 0.0810. The third-order valence-corrected chi connectivity index (χ3v) is 4.88. The van der Waals surface area contributed by atoms with Crippen LogP contribution < -0.4 is 5.32 Å². The van der Waals surface area contributed by atoms with Gasteiger partial charge in [0.2, 0.25) is 0 Å². The summed E-state index contributed by atoms with van der Waals surface area (Å²) in [7, 11) is 0. The van der Waals surface area contributed by atoms with Gasteiger partial charge in [-0.1, -0.05) is 68.0 Å². The summed E-state index contributed by atoms with van der Waals surface area (Å²) in [6.45, 7) is 17.3. The fraction of sp³-hybridized carbons (Fsp3) is 0.429. The van der Waals surface area contributed by atoms with E-state index in [4.69, 9.17) is 9.59 Å². The molecule has 0 spiro atoms. The molecule has 0 unspecified atom stereocenters. The number of rotatable bonds is 2. The Morgan fingerprint density at radius 2 is 1.61 bits per heavy atom. The molecule has 2 aromatic rings. The van der Waals surface area contributed by atoms with E-state index in [9.17, 15) is 8.78 Å². The molecule has 0 aliphatic carbocycles. The van der Waals surface area contributed by atoms with Crippen molar-refractivity contribution >= 4 is 19.7 Å². The number of benzene rings is 2. The van der Waals surface area contributed by atoms with E-state index in [0.717, 1.165) is 32.0 Å². The Morgan fingerprint density at radius 3 is 2.12 bits per heavy atom. The summed E-state index contributed by atoms with van der Waals surface area (Å²) in [5.41, 5.74) is 6.91. The second-order valence-electron chi connectivity index (χ2n) is 7.30. The number of carbonyl (C=O) groups excluding carboxylic acids is 2. The van der Waals surface area contributed by atoms with Crippen LogP contribution in [0.3, 0.4) is 0 Å². The van der Waals surface area contributed by atoms with Crippen LogP contribution in [0.4, 0.5) is 8.78 Å². The Bertz CT molecular complexity index is 812. The largest absolute Gasteiger partial charge is 0.316 e. The molecule has 1 aliphatic rings. The molecule has 0 bridgehead atoms. The van der Waals surface area contributed by atoms with Gasteiger partial charge < -0.3 is 14.9 Å². The summed E-state index contributed by atoms with van der Waals surface area (Å²) >= 11 is 0. The fourth-order valence-corrected chi connectivity index (χ4v) is 3.42. The summed E-state index contributed by atoms with van der Waals surface area (Å²) in [4.78, 5) is 16.0. The molecule has 0 fully saturated rings. The van der Waals surface area contributed by atoms with E-state index in [-0.39, 0.29) is 5.56 Å². The monoisotopic (exact) mass is 461 g/mol. The fourth-order valence-electron chi connectivity index (χ4n) is 3.42. The predicted octanol–water partition coefficient (Wildman–Crippen LogP) is 6.87. The zero-order valence-corrected chi connectivity index (χ0v) is 21.1. The minimum Gasteiger partial charge on any atom is -0.316 e. The molecule has 0 aromatic heterocycles. The Hall–Kier alpha value is -2.66. The van der Waals surface area contributed by atoms with Crippen LogP contribution >= 0.6 is 0 Å². The van der Waals surface area contributed by atoms with Crippen LogP contribution in [0.1, 0.15) is 67.5 Å². The molecule has 3 nitrogen and oxygen atoms in total. The highest BCUT2D eigenvalue weighted by molar-refractivity contribution is 5.60. The van der Waals surface area contributed by atoms with Crippen molar-refractivity contribution in [1.29, 1.82) is 0 Å². The average Bonchev–Trinajstić information content (AvgIpc) is 2.81. The maximum absolute atomic E-state index is 12.6. The molecule has 0 amide bonds. The molecule has 0 radical (unpaired) electrons. The molecule has 0 atom stereocenters. The number of hydrogen-bond acceptors (Lipinski definition) is 3. The molecular weight excluding hydrogens is 420 g/mol. The van der Waals surface area contributed by atoms with Gasteiger partial charge >= 0.3 is 0 Å². The lowest BCUT2D eigenvalue weighted by molar-refractivity contribution is -0.0987. The first-order chi connectivity index (χ1) is 15.8. The molecule has 5 heteroatoms. The summed E-state index contributed by atoms with van der Waals surface area (Å²) < 4.78 is 25.3. The zero-order chi connectivity index (χ0) is 25.9. The van der Waals surface area contributed by atoms with E-state index in [1.54, 1.807) is 30.2 Å². The van der Waals surface area contributed by atoms with Gasteiger partial charge in [-0.25, -0.2) is 8.78 Å². The van der Waals surface area contributed by atoms with Crippen LogP contribution in [0, 0.1) is 13.8 Å². The molecule has 1 N–H and O–H groups in total. The first-order valence-corrected chi connectivity index (χ1v) is 11.3.